The zero-order valence-electron chi connectivity index (χ0n) is 18.9. The minimum Gasteiger partial charge on any atom is -0.480 e. The van der Waals surface area contributed by atoms with E-state index in [1.807, 2.05) is 36.4 Å². The molecule has 1 aliphatic rings. The molecule has 7 nitrogen and oxygen atoms in total. The predicted octanol–water partition coefficient (Wildman–Crippen LogP) is 4.03. The number of fused-ring (bicyclic) bond motifs is 3. The number of aliphatic carboxylic acids is 1. The molecule has 0 spiro atoms. The molecule has 2 atom stereocenters. The maximum Gasteiger partial charge on any atom is 0.408 e. The van der Waals surface area contributed by atoms with Crippen molar-refractivity contribution in [1.29, 1.82) is 0 Å². The first kappa shape index (κ1) is 23.0. The number of carbonyl (C=O) groups excluding carboxylic acids is 2. The van der Waals surface area contributed by atoms with Gasteiger partial charge >= 0.3 is 12.1 Å². The van der Waals surface area contributed by atoms with E-state index in [-0.39, 0.29) is 12.5 Å². The zero-order valence-corrected chi connectivity index (χ0v) is 18.9. The van der Waals surface area contributed by atoms with Crippen molar-refractivity contribution >= 4 is 18.0 Å². The van der Waals surface area contributed by atoms with Crippen molar-refractivity contribution in [3.8, 4) is 11.1 Å². The van der Waals surface area contributed by atoms with Crippen molar-refractivity contribution in [3.05, 3.63) is 95.6 Å². The second-order valence-electron chi connectivity index (χ2n) is 8.47. The Morgan fingerprint density at radius 1 is 0.912 bits per heavy atom. The molecule has 0 heterocycles. The standard InChI is InChI=1S/C27H26N2O5/c1-17(24(30)31)28-25(32)27(2,18-10-4-3-5-11-18)29-26(33)34-16-23-21-14-8-6-12-19(21)20-13-7-9-15-22(20)23/h3-15,17,23H,16H2,1-2H3,(H,28,32)(H,29,33)(H,30,31)/t17-,27?/m1/s1. The molecule has 1 unspecified atom stereocenters. The molecule has 174 valence electrons. The summed E-state index contributed by atoms with van der Waals surface area (Å²) in [7, 11) is 0. The second-order valence-corrected chi connectivity index (χ2v) is 8.47. The van der Waals surface area contributed by atoms with Crippen LogP contribution in [0.4, 0.5) is 4.79 Å². The van der Waals surface area contributed by atoms with Crippen LogP contribution in [0.3, 0.4) is 0 Å². The van der Waals surface area contributed by atoms with Gasteiger partial charge in [-0.1, -0.05) is 78.9 Å². The normalized spacial score (nSPS) is 14.8. The van der Waals surface area contributed by atoms with Gasteiger partial charge in [0.25, 0.3) is 5.91 Å². The zero-order chi connectivity index (χ0) is 24.3. The Morgan fingerprint density at radius 3 is 2.00 bits per heavy atom. The van der Waals surface area contributed by atoms with E-state index in [1.165, 1.54) is 13.8 Å². The molecule has 34 heavy (non-hydrogen) atoms. The molecule has 0 fully saturated rings. The number of carboxylic acids is 1. The van der Waals surface area contributed by atoms with E-state index < -0.39 is 29.6 Å². The van der Waals surface area contributed by atoms with Gasteiger partial charge in [-0.15, -0.1) is 0 Å². The van der Waals surface area contributed by atoms with Gasteiger partial charge in [0.1, 0.15) is 18.2 Å². The van der Waals surface area contributed by atoms with Crippen LogP contribution in [0, 0.1) is 0 Å². The monoisotopic (exact) mass is 458 g/mol. The number of hydrogen-bond donors (Lipinski definition) is 3. The molecule has 0 aromatic heterocycles. The number of alkyl carbamates (subject to hydrolysis) is 1. The van der Waals surface area contributed by atoms with Gasteiger partial charge in [0.2, 0.25) is 0 Å². The van der Waals surface area contributed by atoms with Crippen molar-refractivity contribution in [2.75, 3.05) is 6.61 Å². The lowest BCUT2D eigenvalue weighted by atomic mass is 9.90. The highest BCUT2D eigenvalue weighted by Gasteiger charge is 2.39. The van der Waals surface area contributed by atoms with E-state index in [0.717, 1.165) is 22.3 Å². The summed E-state index contributed by atoms with van der Waals surface area (Å²) < 4.78 is 5.61. The summed E-state index contributed by atoms with van der Waals surface area (Å²) in [6.07, 6.45) is -0.772. The number of rotatable bonds is 7. The van der Waals surface area contributed by atoms with Crippen molar-refractivity contribution in [2.45, 2.75) is 31.3 Å². The number of nitrogens with one attached hydrogen (secondary N) is 2. The Kier molecular flexibility index (Phi) is 6.36. The van der Waals surface area contributed by atoms with Crippen molar-refractivity contribution in [2.24, 2.45) is 0 Å². The summed E-state index contributed by atoms with van der Waals surface area (Å²) in [6.45, 7) is 2.98. The summed E-state index contributed by atoms with van der Waals surface area (Å²) in [5.41, 5.74) is 3.35. The summed E-state index contributed by atoms with van der Waals surface area (Å²) in [6, 6.07) is 23.5. The van der Waals surface area contributed by atoms with Crippen LogP contribution in [-0.4, -0.2) is 35.7 Å². The Labute approximate surface area is 197 Å². The van der Waals surface area contributed by atoms with E-state index in [2.05, 4.69) is 22.8 Å². The highest BCUT2D eigenvalue weighted by molar-refractivity contribution is 5.93. The third kappa shape index (κ3) is 4.37. The molecule has 0 radical (unpaired) electrons. The van der Waals surface area contributed by atoms with Crippen LogP contribution in [0.2, 0.25) is 0 Å². The largest absolute Gasteiger partial charge is 0.480 e. The highest BCUT2D eigenvalue weighted by atomic mass is 16.5. The van der Waals surface area contributed by atoms with Crippen molar-refractivity contribution in [3.63, 3.8) is 0 Å². The fourth-order valence-corrected chi connectivity index (χ4v) is 4.27. The van der Waals surface area contributed by atoms with Crippen LogP contribution in [0.25, 0.3) is 11.1 Å². The molecule has 4 rings (SSSR count). The van der Waals surface area contributed by atoms with Crippen LogP contribution in [0.5, 0.6) is 0 Å². The third-order valence-electron chi connectivity index (χ3n) is 6.22. The number of ether oxygens (including phenoxy) is 1. The van der Waals surface area contributed by atoms with Crippen molar-refractivity contribution in [1.82, 2.24) is 10.6 Å². The Hall–Kier alpha value is -4.13. The van der Waals surface area contributed by atoms with E-state index in [4.69, 9.17) is 4.74 Å². The summed E-state index contributed by atoms with van der Waals surface area (Å²) in [5.74, 6) is -1.95. The average molecular weight is 459 g/mol. The predicted molar refractivity (Wildman–Crippen MR) is 127 cm³/mol. The first-order valence-electron chi connectivity index (χ1n) is 11.0. The van der Waals surface area contributed by atoms with Gasteiger partial charge in [-0.3, -0.25) is 9.59 Å². The molecule has 3 aromatic carbocycles. The van der Waals surface area contributed by atoms with Crippen LogP contribution in [0.1, 0.15) is 36.5 Å². The van der Waals surface area contributed by atoms with Gasteiger partial charge in [0, 0.05) is 5.92 Å². The Morgan fingerprint density at radius 2 is 1.44 bits per heavy atom. The smallest absolute Gasteiger partial charge is 0.408 e. The van der Waals surface area contributed by atoms with Gasteiger partial charge in [-0.05, 0) is 41.7 Å². The molecule has 0 saturated carbocycles. The molecule has 0 saturated heterocycles. The first-order valence-corrected chi connectivity index (χ1v) is 11.0. The number of amides is 2. The van der Waals surface area contributed by atoms with Crippen LogP contribution < -0.4 is 10.6 Å². The number of hydrogen-bond acceptors (Lipinski definition) is 4. The molecule has 3 N–H and O–H groups in total. The van der Waals surface area contributed by atoms with Gasteiger partial charge in [-0.25, -0.2) is 4.79 Å². The van der Waals surface area contributed by atoms with Crippen LogP contribution in [-0.2, 0) is 19.9 Å². The molecule has 2 amide bonds. The maximum absolute atomic E-state index is 13.1. The minimum absolute atomic E-state index is 0.0951. The van der Waals surface area contributed by atoms with E-state index >= 15 is 0 Å². The lowest BCUT2D eigenvalue weighted by Crippen LogP contribution is -2.57. The number of benzene rings is 3. The fraction of sp³-hybridized carbons (Fsp3) is 0.222. The van der Waals surface area contributed by atoms with Crippen LogP contribution >= 0.6 is 0 Å². The second kappa shape index (κ2) is 9.39. The summed E-state index contributed by atoms with van der Waals surface area (Å²) in [5, 5.41) is 14.3. The highest BCUT2D eigenvalue weighted by Crippen LogP contribution is 2.44. The van der Waals surface area contributed by atoms with Gasteiger partial charge in [0.05, 0.1) is 0 Å². The number of carbonyl (C=O) groups is 3. The van der Waals surface area contributed by atoms with E-state index in [1.54, 1.807) is 30.3 Å². The molecule has 3 aromatic rings. The maximum atomic E-state index is 13.1. The molecular weight excluding hydrogens is 432 g/mol. The first-order chi connectivity index (χ1) is 16.3. The molecule has 7 heteroatoms. The lowest BCUT2D eigenvalue weighted by molar-refractivity contribution is -0.142. The quantitative estimate of drug-likeness (QED) is 0.496. The van der Waals surface area contributed by atoms with E-state index in [0.29, 0.717) is 5.56 Å². The molecule has 1 aliphatic carbocycles. The van der Waals surface area contributed by atoms with Crippen LogP contribution in [0.15, 0.2) is 78.9 Å². The van der Waals surface area contributed by atoms with Gasteiger partial charge < -0.3 is 20.5 Å². The van der Waals surface area contributed by atoms with Gasteiger partial charge in [0.15, 0.2) is 0 Å². The lowest BCUT2D eigenvalue weighted by Gasteiger charge is -2.30. The molecular formula is C27H26N2O5. The SMILES string of the molecule is C[C@@H](NC(=O)C(C)(NC(=O)OCC1c2ccccc2-c2ccccc21)c1ccccc1)C(=O)O. The molecule has 0 bridgehead atoms. The molecule has 0 aliphatic heterocycles. The summed E-state index contributed by atoms with van der Waals surface area (Å²) in [4.78, 5) is 37.2. The Balaban J connectivity index is 1.53. The Bertz CT molecular complexity index is 1180. The minimum atomic E-state index is -1.53. The van der Waals surface area contributed by atoms with E-state index in [9.17, 15) is 19.5 Å². The number of carboxylic acid groups (broad SMARTS) is 1. The average Bonchev–Trinajstić information content (AvgIpc) is 3.16. The van der Waals surface area contributed by atoms with Crippen molar-refractivity contribution < 1.29 is 24.2 Å². The topological polar surface area (TPSA) is 105 Å². The summed E-state index contributed by atoms with van der Waals surface area (Å²) >= 11 is 0. The third-order valence-corrected chi connectivity index (χ3v) is 6.22. The fourth-order valence-electron chi connectivity index (χ4n) is 4.27. The van der Waals surface area contributed by atoms with Gasteiger partial charge in [-0.2, -0.15) is 0 Å².